The van der Waals surface area contributed by atoms with Crippen LogP contribution < -0.4 is 10.2 Å². The van der Waals surface area contributed by atoms with Gasteiger partial charge in [0.05, 0.1) is 12.5 Å². The van der Waals surface area contributed by atoms with E-state index in [1.807, 2.05) is 49.4 Å². The van der Waals surface area contributed by atoms with Gasteiger partial charge in [-0.15, -0.1) is 0 Å². The molecule has 8 nitrogen and oxygen atoms in total. The van der Waals surface area contributed by atoms with Crippen molar-refractivity contribution in [1.29, 1.82) is 0 Å². The number of amides is 2. The molecule has 8 heteroatoms. The van der Waals surface area contributed by atoms with Crippen molar-refractivity contribution in [3.63, 3.8) is 0 Å². The van der Waals surface area contributed by atoms with Crippen LogP contribution in [-0.4, -0.2) is 70.8 Å². The molecule has 0 bridgehead atoms. The van der Waals surface area contributed by atoms with Crippen LogP contribution in [0.1, 0.15) is 30.9 Å². The highest BCUT2D eigenvalue weighted by Crippen LogP contribution is 2.21. The number of nitrogens with zero attached hydrogens (tertiary/aromatic N) is 2. The Balaban J connectivity index is 1.55. The Kier molecular flexibility index (Phi) is 9.88. The second-order valence-corrected chi connectivity index (χ2v) is 8.58. The number of rotatable bonds is 11. The normalized spacial score (nSPS) is 16.0. The van der Waals surface area contributed by atoms with Crippen LogP contribution in [0.25, 0.3) is 0 Å². The molecule has 34 heavy (non-hydrogen) atoms. The summed E-state index contributed by atoms with van der Waals surface area (Å²) in [7, 11) is 0. The van der Waals surface area contributed by atoms with Gasteiger partial charge in [0.2, 0.25) is 5.91 Å². The standard InChI is InChI=1S/C26H35N3O5/c1-2-34-22-13-11-20(12-14-22)9-6-10-23(24(30)25(31)27-33)26(32)29-17-15-28(16-18-29)19-21-7-4-3-5-8-21/h3-5,7-8,11-14,23-24,30,33H,2,6,9-10,15-19H2,1H3,(H,27,31). The summed E-state index contributed by atoms with van der Waals surface area (Å²) >= 11 is 0. The number of carbonyl (C=O) groups is 2. The van der Waals surface area contributed by atoms with Crippen LogP contribution >= 0.6 is 0 Å². The Morgan fingerprint density at radius 3 is 2.29 bits per heavy atom. The van der Waals surface area contributed by atoms with E-state index < -0.39 is 17.9 Å². The molecule has 0 spiro atoms. The number of aliphatic hydroxyl groups is 1. The topological polar surface area (TPSA) is 102 Å². The summed E-state index contributed by atoms with van der Waals surface area (Å²) in [5, 5.41) is 19.5. The first-order chi connectivity index (χ1) is 16.5. The molecule has 1 saturated heterocycles. The predicted octanol–water partition coefficient (Wildman–Crippen LogP) is 2.23. The number of hydrogen-bond acceptors (Lipinski definition) is 6. The van der Waals surface area contributed by atoms with Gasteiger partial charge in [-0.25, -0.2) is 5.48 Å². The lowest BCUT2D eigenvalue weighted by atomic mass is 9.92. The highest BCUT2D eigenvalue weighted by molar-refractivity contribution is 5.88. The molecule has 0 aromatic heterocycles. The number of ether oxygens (including phenoxy) is 1. The third-order valence-corrected chi connectivity index (χ3v) is 6.23. The lowest BCUT2D eigenvalue weighted by molar-refractivity contribution is -0.151. The lowest BCUT2D eigenvalue weighted by Crippen LogP contribution is -2.53. The summed E-state index contributed by atoms with van der Waals surface area (Å²) in [6, 6.07) is 18.0. The summed E-state index contributed by atoms with van der Waals surface area (Å²) in [6.07, 6.45) is 0.0632. The van der Waals surface area contributed by atoms with E-state index in [0.29, 0.717) is 39.0 Å². The van der Waals surface area contributed by atoms with E-state index in [1.165, 1.54) is 11.0 Å². The Morgan fingerprint density at radius 1 is 1.00 bits per heavy atom. The van der Waals surface area contributed by atoms with Crippen LogP contribution in [0.4, 0.5) is 0 Å². The summed E-state index contributed by atoms with van der Waals surface area (Å²) < 4.78 is 5.46. The first kappa shape index (κ1) is 25.7. The van der Waals surface area contributed by atoms with E-state index in [9.17, 15) is 14.7 Å². The first-order valence-electron chi connectivity index (χ1n) is 11.9. The van der Waals surface area contributed by atoms with Gasteiger partial charge >= 0.3 is 0 Å². The zero-order valence-electron chi connectivity index (χ0n) is 19.7. The van der Waals surface area contributed by atoms with Crippen LogP contribution in [0.5, 0.6) is 5.75 Å². The summed E-state index contributed by atoms with van der Waals surface area (Å²) in [4.78, 5) is 29.2. The number of aliphatic hydroxyl groups excluding tert-OH is 1. The van der Waals surface area contributed by atoms with E-state index in [4.69, 9.17) is 9.94 Å². The van der Waals surface area contributed by atoms with Gasteiger partial charge in [-0.1, -0.05) is 42.5 Å². The molecule has 1 aliphatic rings. The maximum Gasteiger partial charge on any atom is 0.272 e. The fourth-order valence-electron chi connectivity index (χ4n) is 4.31. The molecule has 0 aliphatic carbocycles. The first-order valence-corrected chi connectivity index (χ1v) is 11.9. The number of carbonyl (C=O) groups excluding carboxylic acids is 2. The Hall–Kier alpha value is -2.94. The minimum Gasteiger partial charge on any atom is -0.494 e. The average Bonchev–Trinajstić information content (AvgIpc) is 2.87. The number of piperazine rings is 1. The molecule has 0 saturated carbocycles. The predicted molar refractivity (Wildman–Crippen MR) is 128 cm³/mol. The minimum atomic E-state index is -1.60. The highest BCUT2D eigenvalue weighted by atomic mass is 16.5. The van der Waals surface area contributed by atoms with Crippen molar-refractivity contribution in [2.24, 2.45) is 5.92 Å². The fraction of sp³-hybridized carbons (Fsp3) is 0.462. The number of hydroxylamine groups is 1. The summed E-state index contributed by atoms with van der Waals surface area (Å²) in [6.45, 7) is 5.88. The molecule has 1 heterocycles. The largest absolute Gasteiger partial charge is 0.494 e. The van der Waals surface area contributed by atoms with Crippen LogP contribution in [0.2, 0.25) is 0 Å². The van der Waals surface area contributed by atoms with Crippen LogP contribution in [0, 0.1) is 5.92 Å². The third kappa shape index (κ3) is 7.28. The molecule has 2 unspecified atom stereocenters. The van der Waals surface area contributed by atoms with E-state index in [1.54, 1.807) is 4.90 Å². The molecule has 1 aliphatic heterocycles. The van der Waals surface area contributed by atoms with E-state index >= 15 is 0 Å². The molecule has 2 aromatic carbocycles. The van der Waals surface area contributed by atoms with Crippen molar-refractivity contribution in [3.8, 4) is 5.75 Å². The van der Waals surface area contributed by atoms with Gasteiger partial charge in [-0.05, 0) is 49.4 Å². The molecular weight excluding hydrogens is 434 g/mol. The van der Waals surface area contributed by atoms with Crippen molar-refractivity contribution >= 4 is 11.8 Å². The molecule has 3 N–H and O–H groups in total. The molecule has 0 radical (unpaired) electrons. The van der Waals surface area contributed by atoms with Crippen LogP contribution in [0.3, 0.4) is 0 Å². The number of benzene rings is 2. The van der Waals surface area contributed by atoms with Crippen molar-refractivity contribution in [3.05, 3.63) is 65.7 Å². The van der Waals surface area contributed by atoms with E-state index in [0.717, 1.165) is 30.9 Å². The minimum absolute atomic E-state index is 0.248. The Labute approximate surface area is 201 Å². The number of nitrogens with one attached hydrogen (secondary N) is 1. The van der Waals surface area contributed by atoms with Gasteiger partial charge in [-0.3, -0.25) is 19.7 Å². The van der Waals surface area contributed by atoms with Gasteiger partial charge in [-0.2, -0.15) is 0 Å². The van der Waals surface area contributed by atoms with Crippen molar-refractivity contribution in [2.45, 2.75) is 38.8 Å². The van der Waals surface area contributed by atoms with E-state index in [2.05, 4.69) is 17.0 Å². The van der Waals surface area contributed by atoms with Crippen molar-refractivity contribution < 1.29 is 24.6 Å². The molecule has 2 aromatic rings. The van der Waals surface area contributed by atoms with Gasteiger partial charge in [0.1, 0.15) is 11.9 Å². The van der Waals surface area contributed by atoms with Crippen molar-refractivity contribution in [1.82, 2.24) is 15.3 Å². The average molecular weight is 470 g/mol. The lowest BCUT2D eigenvalue weighted by Gasteiger charge is -2.37. The van der Waals surface area contributed by atoms with Crippen molar-refractivity contribution in [2.75, 3.05) is 32.8 Å². The molecule has 184 valence electrons. The summed E-state index contributed by atoms with van der Waals surface area (Å²) in [5.41, 5.74) is 3.80. The Morgan fingerprint density at radius 2 is 1.68 bits per heavy atom. The quantitative estimate of drug-likeness (QED) is 0.345. The van der Waals surface area contributed by atoms with Gasteiger partial charge < -0.3 is 14.7 Å². The molecule has 3 rings (SSSR count). The fourth-order valence-corrected chi connectivity index (χ4v) is 4.31. The second kappa shape index (κ2) is 13.1. The van der Waals surface area contributed by atoms with Gasteiger partial charge in [0.15, 0.2) is 0 Å². The molecule has 2 atom stereocenters. The number of hydrogen-bond donors (Lipinski definition) is 3. The molecule has 1 fully saturated rings. The SMILES string of the molecule is CCOc1ccc(CCCC(C(=O)N2CCN(Cc3ccccc3)CC2)C(O)C(=O)NO)cc1. The monoisotopic (exact) mass is 469 g/mol. The number of aryl methyl sites for hydroxylation is 1. The second-order valence-electron chi connectivity index (χ2n) is 8.58. The van der Waals surface area contributed by atoms with Crippen LogP contribution in [0.15, 0.2) is 54.6 Å². The molecular formula is C26H35N3O5. The highest BCUT2D eigenvalue weighted by Gasteiger charge is 2.35. The zero-order chi connectivity index (χ0) is 24.3. The van der Waals surface area contributed by atoms with Gasteiger partial charge in [0, 0.05) is 32.7 Å². The maximum atomic E-state index is 13.3. The zero-order valence-corrected chi connectivity index (χ0v) is 19.7. The Bertz CT molecular complexity index is 898. The maximum absolute atomic E-state index is 13.3. The third-order valence-electron chi connectivity index (χ3n) is 6.23. The van der Waals surface area contributed by atoms with Gasteiger partial charge in [0.25, 0.3) is 5.91 Å². The molecule has 2 amide bonds. The smallest absolute Gasteiger partial charge is 0.272 e. The van der Waals surface area contributed by atoms with E-state index in [-0.39, 0.29) is 5.91 Å². The van der Waals surface area contributed by atoms with Crippen LogP contribution in [-0.2, 0) is 22.6 Å². The summed E-state index contributed by atoms with van der Waals surface area (Å²) in [5.74, 6) is -1.31.